The number of phenols is 1. The highest BCUT2D eigenvalue weighted by molar-refractivity contribution is 7.15. The number of aromatic nitrogens is 2. The number of rotatable bonds is 3. The van der Waals surface area contributed by atoms with Crippen molar-refractivity contribution < 1.29 is 18.3 Å². The third-order valence-corrected chi connectivity index (χ3v) is 7.57. The highest BCUT2D eigenvalue weighted by Crippen LogP contribution is 2.49. The maximum atomic E-state index is 15.3. The van der Waals surface area contributed by atoms with Crippen LogP contribution in [0.25, 0.3) is 21.3 Å². The summed E-state index contributed by atoms with van der Waals surface area (Å²) in [7, 11) is 0. The zero-order valence-electron chi connectivity index (χ0n) is 16.6. The van der Waals surface area contributed by atoms with Crippen molar-refractivity contribution in [1.29, 1.82) is 0 Å². The van der Waals surface area contributed by atoms with Crippen LogP contribution in [-0.4, -0.2) is 27.1 Å². The fourth-order valence-corrected chi connectivity index (χ4v) is 5.98. The lowest BCUT2D eigenvalue weighted by Crippen LogP contribution is -2.35. The van der Waals surface area contributed by atoms with Crippen LogP contribution in [0.5, 0.6) is 5.75 Å². The Bertz CT molecular complexity index is 1350. The van der Waals surface area contributed by atoms with Crippen LogP contribution in [0.3, 0.4) is 0 Å². The van der Waals surface area contributed by atoms with E-state index in [1.807, 2.05) is 0 Å². The second-order valence-corrected chi connectivity index (χ2v) is 9.42. The zero-order valence-corrected chi connectivity index (χ0v) is 17.4. The molecule has 1 atom stereocenters. The van der Waals surface area contributed by atoms with Crippen LogP contribution in [0.2, 0.25) is 0 Å². The summed E-state index contributed by atoms with van der Waals surface area (Å²) < 4.78 is 45.5. The number of halogens is 3. The van der Waals surface area contributed by atoms with Gasteiger partial charge in [0.25, 0.3) is 11.5 Å². The van der Waals surface area contributed by atoms with E-state index < -0.39 is 34.7 Å². The Balaban J connectivity index is 1.82. The predicted molar refractivity (Wildman–Crippen MR) is 112 cm³/mol. The van der Waals surface area contributed by atoms with Gasteiger partial charge in [0.1, 0.15) is 5.39 Å². The summed E-state index contributed by atoms with van der Waals surface area (Å²) >= 11 is 1.18. The molecular formula is C21H20F3N3O3S. The van der Waals surface area contributed by atoms with E-state index in [1.165, 1.54) is 22.0 Å². The van der Waals surface area contributed by atoms with Gasteiger partial charge in [-0.25, -0.2) is 18.0 Å². The molecule has 1 saturated carbocycles. The van der Waals surface area contributed by atoms with E-state index in [4.69, 9.17) is 5.73 Å². The standard InChI is InChI=1S/C21H20F3N3O3S/c1-8-14(13-6-10-11(7-25)21(23,24)5-4-12(10)31-13)16(22)18(28)15-17(8)27(9-2-3-9)20(30)26-19(15)29/h6,9,11,28H,2-5,7,25H2,1H3,(H,26,29,30). The topological polar surface area (TPSA) is 101 Å². The molecule has 0 spiro atoms. The van der Waals surface area contributed by atoms with Gasteiger partial charge in [0.05, 0.1) is 11.4 Å². The molecule has 0 bridgehead atoms. The molecule has 0 amide bonds. The monoisotopic (exact) mass is 451 g/mol. The van der Waals surface area contributed by atoms with E-state index in [-0.39, 0.29) is 41.9 Å². The molecule has 2 aliphatic rings. The minimum Gasteiger partial charge on any atom is -0.504 e. The van der Waals surface area contributed by atoms with E-state index in [1.54, 1.807) is 6.92 Å². The van der Waals surface area contributed by atoms with Gasteiger partial charge in [-0.3, -0.25) is 14.3 Å². The predicted octanol–water partition coefficient (Wildman–Crippen LogP) is 3.53. The Hall–Kier alpha value is -2.59. The van der Waals surface area contributed by atoms with E-state index in [9.17, 15) is 23.5 Å². The van der Waals surface area contributed by atoms with Crippen molar-refractivity contribution in [2.24, 2.45) is 5.73 Å². The van der Waals surface area contributed by atoms with Gasteiger partial charge in [-0.15, -0.1) is 11.3 Å². The summed E-state index contributed by atoms with van der Waals surface area (Å²) in [6.07, 6.45) is 1.28. The lowest BCUT2D eigenvalue weighted by Gasteiger charge is -2.30. The summed E-state index contributed by atoms with van der Waals surface area (Å²) in [5.74, 6) is -5.96. The number of aromatic hydroxyl groups is 1. The van der Waals surface area contributed by atoms with E-state index >= 15 is 4.39 Å². The smallest absolute Gasteiger partial charge is 0.329 e. The number of thiophene rings is 1. The van der Waals surface area contributed by atoms with E-state index in [0.717, 1.165) is 12.8 Å². The van der Waals surface area contributed by atoms with Crippen LogP contribution >= 0.6 is 11.3 Å². The summed E-state index contributed by atoms with van der Waals surface area (Å²) in [4.78, 5) is 28.1. The zero-order chi connectivity index (χ0) is 22.2. The Morgan fingerprint density at radius 1 is 1.35 bits per heavy atom. The Morgan fingerprint density at radius 3 is 2.71 bits per heavy atom. The van der Waals surface area contributed by atoms with Crippen LogP contribution in [-0.2, 0) is 6.42 Å². The molecule has 5 rings (SSSR count). The van der Waals surface area contributed by atoms with Crippen molar-refractivity contribution in [2.75, 3.05) is 6.54 Å². The summed E-state index contributed by atoms with van der Waals surface area (Å²) in [5.41, 5.74) is 5.05. The van der Waals surface area contributed by atoms with Gasteiger partial charge in [0.2, 0.25) is 0 Å². The number of aryl methyl sites for hydroxylation is 2. The molecule has 0 radical (unpaired) electrons. The van der Waals surface area contributed by atoms with Gasteiger partial charge in [0, 0.05) is 34.3 Å². The first-order valence-corrected chi connectivity index (χ1v) is 10.9. The van der Waals surface area contributed by atoms with Gasteiger partial charge in [-0.05, 0) is 43.4 Å². The lowest BCUT2D eigenvalue weighted by molar-refractivity contribution is -0.0381. The van der Waals surface area contributed by atoms with Gasteiger partial charge < -0.3 is 10.8 Å². The SMILES string of the molecule is Cc1c(-c2cc3c(s2)CCC(F)(F)C3CN)c(F)c(O)c2c(=O)[nH]c(=O)n(C3CC3)c12. The molecule has 2 heterocycles. The molecule has 0 aliphatic heterocycles. The largest absolute Gasteiger partial charge is 0.504 e. The van der Waals surface area contributed by atoms with Gasteiger partial charge in [-0.1, -0.05) is 0 Å². The normalized spacial score (nSPS) is 20.2. The van der Waals surface area contributed by atoms with Crippen LogP contribution in [0.1, 0.15) is 47.2 Å². The number of hydrogen-bond donors (Lipinski definition) is 3. The number of H-pyrrole nitrogens is 1. The number of hydrogen-bond acceptors (Lipinski definition) is 5. The highest BCUT2D eigenvalue weighted by atomic mass is 32.1. The van der Waals surface area contributed by atoms with Gasteiger partial charge >= 0.3 is 5.69 Å². The summed E-state index contributed by atoms with van der Waals surface area (Å²) in [6, 6.07) is 1.37. The maximum Gasteiger partial charge on any atom is 0.329 e. The number of fused-ring (bicyclic) bond motifs is 2. The molecular weight excluding hydrogens is 431 g/mol. The lowest BCUT2D eigenvalue weighted by atomic mass is 9.84. The number of nitrogens with two attached hydrogens (primary N) is 1. The molecule has 1 aromatic carbocycles. The quantitative estimate of drug-likeness (QED) is 0.567. The first kappa shape index (κ1) is 20.3. The fraction of sp³-hybridized carbons (Fsp3) is 0.429. The van der Waals surface area contributed by atoms with Crippen molar-refractivity contribution in [3.05, 3.63) is 48.7 Å². The third kappa shape index (κ3) is 2.88. The highest BCUT2D eigenvalue weighted by Gasteiger charge is 2.44. The molecule has 4 N–H and O–H groups in total. The Kier molecular flexibility index (Phi) is 4.39. The molecule has 31 heavy (non-hydrogen) atoms. The van der Waals surface area contributed by atoms with Crippen LogP contribution in [0, 0.1) is 12.7 Å². The van der Waals surface area contributed by atoms with E-state index in [0.29, 0.717) is 20.9 Å². The number of aromatic amines is 1. The van der Waals surface area contributed by atoms with Crippen molar-refractivity contribution in [3.8, 4) is 16.2 Å². The summed E-state index contributed by atoms with van der Waals surface area (Å²) in [6.45, 7) is 1.34. The van der Waals surface area contributed by atoms with Crippen molar-refractivity contribution in [1.82, 2.24) is 9.55 Å². The van der Waals surface area contributed by atoms with E-state index in [2.05, 4.69) is 4.98 Å². The average Bonchev–Trinajstić information content (AvgIpc) is 3.44. The number of nitrogens with zero attached hydrogens (tertiary/aromatic N) is 1. The second kappa shape index (κ2) is 6.70. The van der Waals surface area contributed by atoms with Crippen LogP contribution < -0.4 is 17.0 Å². The maximum absolute atomic E-state index is 15.3. The molecule has 2 aromatic heterocycles. The molecule has 10 heteroatoms. The van der Waals surface area contributed by atoms with Crippen molar-refractivity contribution >= 4 is 22.2 Å². The Morgan fingerprint density at radius 2 is 2.06 bits per heavy atom. The Labute approximate surface area is 178 Å². The third-order valence-electron chi connectivity index (χ3n) is 6.34. The first-order valence-electron chi connectivity index (χ1n) is 10.1. The molecule has 164 valence electrons. The fourth-order valence-electron chi connectivity index (χ4n) is 4.66. The van der Waals surface area contributed by atoms with Gasteiger partial charge in [0.15, 0.2) is 11.6 Å². The molecule has 3 aromatic rings. The van der Waals surface area contributed by atoms with Crippen molar-refractivity contribution in [3.63, 3.8) is 0 Å². The number of nitrogens with one attached hydrogen (secondary N) is 1. The van der Waals surface area contributed by atoms with Crippen LogP contribution in [0.15, 0.2) is 15.7 Å². The average molecular weight is 451 g/mol. The molecule has 1 unspecified atom stereocenters. The minimum atomic E-state index is -2.95. The number of alkyl halides is 2. The number of phenolic OH excluding ortho intramolecular Hbond substituents is 1. The molecule has 6 nitrogen and oxygen atoms in total. The second-order valence-electron chi connectivity index (χ2n) is 8.29. The number of benzene rings is 1. The summed E-state index contributed by atoms with van der Waals surface area (Å²) in [5, 5.41) is 10.3. The van der Waals surface area contributed by atoms with Crippen LogP contribution in [0.4, 0.5) is 13.2 Å². The molecule has 1 fully saturated rings. The molecule has 0 saturated heterocycles. The van der Waals surface area contributed by atoms with Crippen molar-refractivity contribution in [2.45, 2.75) is 50.5 Å². The minimum absolute atomic E-state index is 0.0166. The van der Waals surface area contributed by atoms with Gasteiger partial charge in [-0.2, -0.15) is 0 Å². The first-order chi connectivity index (χ1) is 14.7. The molecule has 2 aliphatic carbocycles.